The maximum absolute atomic E-state index is 14.4. The molecule has 1 aliphatic carbocycles. The number of hydrogen-bond donors (Lipinski definition) is 2. The lowest BCUT2D eigenvalue weighted by Crippen LogP contribution is -2.54. The normalized spacial score (nSPS) is 31.2. The lowest BCUT2D eigenvalue weighted by molar-refractivity contribution is -0.153. The van der Waals surface area contributed by atoms with Crippen molar-refractivity contribution in [1.82, 2.24) is 14.8 Å². The van der Waals surface area contributed by atoms with Gasteiger partial charge in [0.2, 0.25) is 11.8 Å². The van der Waals surface area contributed by atoms with E-state index in [1.807, 2.05) is 13.8 Å². The Kier molecular flexibility index (Phi) is 8.63. The standard InChI is InChI=1S/C25H39F2N5O3S/c1-15-4-6-18(7-5-15)22(28)23(34)30-24-29-10-20(36-24)19(12-31-11-17(3)35-13-16(31)2)32-14-25(26,27)9-8-21(32)33/h10,15-19,22H,4-9,11-14,28H2,1-3H3,(H,29,30,34)/t15?,16-,17-,18?,19?,22?/m0/s1. The highest BCUT2D eigenvalue weighted by atomic mass is 32.1. The third kappa shape index (κ3) is 6.59. The molecule has 2 unspecified atom stereocenters. The van der Waals surface area contributed by atoms with Crippen molar-refractivity contribution in [2.24, 2.45) is 17.6 Å². The van der Waals surface area contributed by atoms with Crippen molar-refractivity contribution in [3.05, 3.63) is 11.1 Å². The van der Waals surface area contributed by atoms with Crippen molar-refractivity contribution in [2.75, 3.05) is 31.6 Å². The largest absolute Gasteiger partial charge is 0.376 e. The highest BCUT2D eigenvalue weighted by Gasteiger charge is 2.43. The smallest absolute Gasteiger partial charge is 0.265 e. The first-order valence-electron chi connectivity index (χ1n) is 13.1. The van der Waals surface area contributed by atoms with Crippen LogP contribution in [0.3, 0.4) is 0 Å². The molecule has 11 heteroatoms. The number of nitrogens with zero attached hydrogens (tertiary/aromatic N) is 3. The van der Waals surface area contributed by atoms with Crippen LogP contribution in [0.2, 0.25) is 0 Å². The predicted octanol–water partition coefficient (Wildman–Crippen LogP) is 3.64. The van der Waals surface area contributed by atoms with Crippen LogP contribution in [-0.2, 0) is 14.3 Å². The number of anilines is 1. The molecule has 3 N–H and O–H groups in total. The molecule has 1 saturated carbocycles. The number of piperidine rings is 1. The highest BCUT2D eigenvalue weighted by molar-refractivity contribution is 7.15. The van der Waals surface area contributed by atoms with Crippen molar-refractivity contribution in [1.29, 1.82) is 0 Å². The molecule has 3 heterocycles. The number of rotatable bonds is 7. The van der Waals surface area contributed by atoms with E-state index in [1.165, 1.54) is 16.2 Å². The first-order valence-corrected chi connectivity index (χ1v) is 13.9. The highest BCUT2D eigenvalue weighted by Crippen LogP contribution is 2.37. The average molecular weight is 528 g/mol. The van der Waals surface area contributed by atoms with Crippen LogP contribution in [0.25, 0.3) is 0 Å². The quantitative estimate of drug-likeness (QED) is 0.562. The molecule has 3 aliphatic rings. The lowest BCUT2D eigenvalue weighted by atomic mass is 9.79. The summed E-state index contributed by atoms with van der Waals surface area (Å²) in [5.74, 6) is -2.68. The van der Waals surface area contributed by atoms with Crippen LogP contribution in [0.4, 0.5) is 13.9 Å². The zero-order valence-electron chi connectivity index (χ0n) is 21.4. The van der Waals surface area contributed by atoms with E-state index in [2.05, 4.69) is 22.1 Å². The van der Waals surface area contributed by atoms with Crippen molar-refractivity contribution < 1.29 is 23.1 Å². The van der Waals surface area contributed by atoms with Crippen LogP contribution in [-0.4, -0.2) is 76.9 Å². The third-order valence-electron chi connectivity index (χ3n) is 7.90. The first-order chi connectivity index (χ1) is 17.0. The average Bonchev–Trinajstić information content (AvgIpc) is 3.29. The summed E-state index contributed by atoms with van der Waals surface area (Å²) in [5.41, 5.74) is 6.28. The van der Waals surface area contributed by atoms with Gasteiger partial charge in [-0.25, -0.2) is 13.8 Å². The van der Waals surface area contributed by atoms with Crippen molar-refractivity contribution in [3.8, 4) is 0 Å². The molecule has 2 saturated heterocycles. The Morgan fingerprint density at radius 1 is 1.31 bits per heavy atom. The van der Waals surface area contributed by atoms with E-state index in [9.17, 15) is 18.4 Å². The molecule has 1 aromatic heterocycles. The SMILES string of the molecule is CC1CCC(C(N)C(=O)Nc2ncc(C(CN3C[C@H](C)OC[C@@H]3C)N3CC(F)(F)CCC3=O)s2)CC1. The van der Waals surface area contributed by atoms with Gasteiger partial charge in [-0.3, -0.25) is 14.5 Å². The van der Waals surface area contributed by atoms with Gasteiger partial charge in [-0.2, -0.15) is 0 Å². The summed E-state index contributed by atoms with van der Waals surface area (Å²) in [6, 6.07) is -1.11. The molecule has 202 valence electrons. The Labute approximate surface area is 215 Å². The Balaban J connectivity index is 1.50. The van der Waals surface area contributed by atoms with E-state index >= 15 is 0 Å². The number of hydrogen-bond acceptors (Lipinski definition) is 7. The molecule has 2 aliphatic heterocycles. The Hall–Kier alpha value is -1.69. The number of ether oxygens (including phenoxy) is 1. The van der Waals surface area contributed by atoms with Crippen LogP contribution in [0.5, 0.6) is 0 Å². The van der Waals surface area contributed by atoms with Gasteiger partial charge in [0.1, 0.15) is 0 Å². The van der Waals surface area contributed by atoms with Crippen molar-refractivity contribution >= 4 is 28.3 Å². The molecule has 0 spiro atoms. The van der Waals surface area contributed by atoms with Gasteiger partial charge in [-0.05, 0) is 38.5 Å². The van der Waals surface area contributed by atoms with Gasteiger partial charge in [0, 0.05) is 38.2 Å². The van der Waals surface area contributed by atoms with Gasteiger partial charge in [-0.1, -0.05) is 31.1 Å². The van der Waals surface area contributed by atoms with Crippen LogP contribution in [0.1, 0.15) is 70.2 Å². The monoisotopic (exact) mass is 527 g/mol. The van der Waals surface area contributed by atoms with E-state index in [1.54, 1.807) is 6.20 Å². The molecular weight excluding hydrogens is 488 g/mol. The van der Waals surface area contributed by atoms with Gasteiger partial charge in [0.05, 0.1) is 36.2 Å². The van der Waals surface area contributed by atoms with Crippen LogP contribution >= 0.6 is 11.3 Å². The molecule has 0 aromatic carbocycles. The molecular formula is C25H39F2N5O3S. The zero-order chi connectivity index (χ0) is 26.0. The summed E-state index contributed by atoms with van der Waals surface area (Å²) in [4.78, 5) is 34.2. The van der Waals surface area contributed by atoms with E-state index in [-0.39, 0.29) is 36.3 Å². The number of halogens is 2. The number of carbonyl (C=O) groups excluding carboxylic acids is 2. The van der Waals surface area contributed by atoms with Crippen molar-refractivity contribution in [2.45, 2.75) is 89.4 Å². The van der Waals surface area contributed by atoms with E-state index in [0.717, 1.165) is 25.7 Å². The Morgan fingerprint density at radius 2 is 2.03 bits per heavy atom. The zero-order valence-corrected chi connectivity index (χ0v) is 22.2. The molecule has 1 aromatic rings. The molecule has 36 heavy (non-hydrogen) atoms. The fourth-order valence-corrected chi connectivity index (χ4v) is 6.39. The topological polar surface area (TPSA) is 101 Å². The summed E-state index contributed by atoms with van der Waals surface area (Å²) in [6.07, 6.45) is 5.00. The number of amides is 2. The number of thiazole rings is 1. The van der Waals surface area contributed by atoms with Crippen LogP contribution in [0, 0.1) is 11.8 Å². The van der Waals surface area contributed by atoms with Crippen LogP contribution in [0.15, 0.2) is 6.20 Å². The number of carbonyl (C=O) groups is 2. The number of nitrogens with one attached hydrogen (secondary N) is 1. The van der Waals surface area contributed by atoms with Gasteiger partial charge >= 0.3 is 0 Å². The van der Waals surface area contributed by atoms with Crippen molar-refractivity contribution in [3.63, 3.8) is 0 Å². The molecule has 3 fully saturated rings. The first kappa shape index (κ1) is 27.3. The molecule has 2 amide bonds. The molecule has 0 bridgehead atoms. The van der Waals surface area contributed by atoms with Gasteiger partial charge < -0.3 is 20.7 Å². The van der Waals surface area contributed by atoms with E-state index < -0.39 is 31.0 Å². The number of alkyl halides is 2. The van der Waals surface area contributed by atoms with Gasteiger partial charge in [-0.15, -0.1) is 0 Å². The Morgan fingerprint density at radius 3 is 2.75 bits per heavy atom. The second-order valence-corrected chi connectivity index (χ2v) is 12.0. The molecule has 0 radical (unpaired) electrons. The molecule has 4 rings (SSSR count). The summed E-state index contributed by atoms with van der Waals surface area (Å²) >= 11 is 1.22. The maximum atomic E-state index is 14.4. The minimum Gasteiger partial charge on any atom is -0.376 e. The molecule has 8 nitrogen and oxygen atoms in total. The number of aromatic nitrogens is 1. The summed E-state index contributed by atoms with van der Waals surface area (Å²) in [5, 5.41) is 3.21. The number of nitrogens with two attached hydrogens (primary N) is 1. The second kappa shape index (κ2) is 11.4. The van der Waals surface area contributed by atoms with Gasteiger partial charge in [0.15, 0.2) is 5.13 Å². The Bertz CT molecular complexity index is 923. The summed E-state index contributed by atoms with van der Waals surface area (Å²) in [7, 11) is 0. The minimum absolute atomic E-state index is 0.0147. The second-order valence-electron chi connectivity index (χ2n) is 10.9. The summed E-state index contributed by atoms with van der Waals surface area (Å²) < 4.78 is 34.5. The van der Waals surface area contributed by atoms with Crippen LogP contribution < -0.4 is 11.1 Å². The number of likely N-dealkylation sites (tertiary alicyclic amines) is 1. The fraction of sp³-hybridized carbons (Fsp3) is 0.800. The molecule has 4 atom stereocenters. The van der Waals surface area contributed by atoms with E-state index in [0.29, 0.717) is 35.6 Å². The predicted molar refractivity (Wildman–Crippen MR) is 135 cm³/mol. The van der Waals surface area contributed by atoms with Gasteiger partial charge in [0.25, 0.3) is 5.92 Å². The number of morpholine rings is 1. The maximum Gasteiger partial charge on any atom is 0.265 e. The minimum atomic E-state index is -2.93. The third-order valence-corrected chi connectivity index (χ3v) is 8.91. The fourth-order valence-electron chi connectivity index (χ4n) is 5.47. The lowest BCUT2D eigenvalue weighted by Gasteiger charge is -2.43. The van der Waals surface area contributed by atoms with E-state index in [4.69, 9.17) is 10.5 Å². The summed E-state index contributed by atoms with van der Waals surface area (Å²) in [6.45, 7) is 7.19.